The van der Waals surface area contributed by atoms with Crippen molar-refractivity contribution in [1.29, 1.82) is 0 Å². The highest BCUT2D eigenvalue weighted by molar-refractivity contribution is 9.10. The van der Waals surface area contributed by atoms with Gasteiger partial charge < -0.3 is 9.64 Å². The molecule has 0 bridgehead atoms. The molecular weight excluding hydrogens is 294 g/mol. The number of halogens is 1. The molecule has 0 saturated carbocycles. The number of ether oxygens (including phenoxy) is 1. The van der Waals surface area contributed by atoms with Crippen molar-refractivity contribution in [2.24, 2.45) is 0 Å². The molecule has 1 fully saturated rings. The molecule has 1 atom stereocenters. The third kappa shape index (κ3) is 1.87. The number of alkyl halides is 1. The predicted octanol–water partition coefficient (Wildman–Crippen LogP) is 2.03. The molecule has 1 aliphatic rings. The summed E-state index contributed by atoms with van der Waals surface area (Å²) >= 11 is 4.59. The van der Waals surface area contributed by atoms with Crippen molar-refractivity contribution in [3.63, 3.8) is 0 Å². The lowest BCUT2D eigenvalue weighted by molar-refractivity contribution is -0.116. The maximum atomic E-state index is 11.8. The highest BCUT2D eigenvalue weighted by Crippen LogP contribution is 2.32. The van der Waals surface area contributed by atoms with E-state index in [0.29, 0.717) is 17.1 Å². The summed E-state index contributed by atoms with van der Waals surface area (Å²) in [5.74, 6) is -0.389. The van der Waals surface area contributed by atoms with Crippen LogP contribution in [0.3, 0.4) is 0 Å². The lowest BCUT2D eigenvalue weighted by Crippen LogP contribution is -2.28. The normalized spacial score (nSPS) is 20.2. The molecular formula is C10H10BrNO3S. The molecule has 2 heterocycles. The Bertz CT molecular complexity index is 431. The van der Waals surface area contributed by atoms with Crippen LogP contribution in [0.15, 0.2) is 11.4 Å². The van der Waals surface area contributed by atoms with Gasteiger partial charge in [-0.3, -0.25) is 4.79 Å². The number of carbonyl (C=O) groups is 2. The minimum Gasteiger partial charge on any atom is -0.465 e. The van der Waals surface area contributed by atoms with Crippen molar-refractivity contribution in [1.82, 2.24) is 0 Å². The summed E-state index contributed by atoms with van der Waals surface area (Å²) in [7, 11) is 1.34. The summed E-state index contributed by atoms with van der Waals surface area (Å²) in [4.78, 5) is 25.2. The van der Waals surface area contributed by atoms with E-state index in [4.69, 9.17) is 0 Å². The molecule has 86 valence electrons. The van der Waals surface area contributed by atoms with Crippen molar-refractivity contribution in [2.45, 2.75) is 11.2 Å². The average molecular weight is 304 g/mol. The quantitative estimate of drug-likeness (QED) is 0.620. The Labute approximate surface area is 105 Å². The number of nitrogens with zero attached hydrogens (tertiary/aromatic N) is 1. The van der Waals surface area contributed by atoms with E-state index in [1.807, 2.05) is 0 Å². The lowest BCUT2D eigenvalue weighted by atomic mass is 10.3. The van der Waals surface area contributed by atoms with Gasteiger partial charge in [0.15, 0.2) is 0 Å². The summed E-state index contributed by atoms with van der Waals surface area (Å²) in [6.07, 6.45) is 0.759. The minimum atomic E-state index is -0.393. The number of methoxy groups -OCH3 is 1. The molecule has 1 unspecified atom stereocenters. The monoisotopic (exact) mass is 303 g/mol. The van der Waals surface area contributed by atoms with Crippen LogP contribution in [-0.2, 0) is 9.53 Å². The summed E-state index contributed by atoms with van der Waals surface area (Å²) in [6, 6.07) is 1.78. The minimum absolute atomic E-state index is 0.00329. The molecule has 1 aromatic heterocycles. The second-order valence-corrected chi connectivity index (χ2v) is 5.39. The fourth-order valence-electron chi connectivity index (χ4n) is 1.64. The Hall–Kier alpha value is -0.880. The first-order valence-corrected chi connectivity index (χ1v) is 6.56. The maximum Gasteiger partial charge on any atom is 0.350 e. The molecule has 6 heteroatoms. The second-order valence-electron chi connectivity index (χ2n) is 3.37. The van der Waals surface area contributed by atoms with Gasteiger partial charge in [0.25, 0.3) is 0 Å². The first kappa shape index (κ1) is 11.6. The number of hydrogen-bond acceptors (Lipinski definition) is 4. The van der Waals surface area contributed by atoms with Crippen LogP contribution in [0.1, 0.15) is 16.1 Å². The number of rotatable bonds is 2. The average Bonchev–Trinajstić information content (AvgIpc) is 2.86. The SMILES string of the molecule is COC(=O)c1sccc1N1CCC(Br)C1=O. The van der Waals surface area contributed by atoms with Crippen LogP contribution in [0, 0.1) is 0 Å². The van der Waals surface area contributed by atoms with Gasteiger partial charge in [-0.05, 0) is 17.9 Å². The zero-order valence-electron chi connectivity index (χ0n) is 8.60. The molecule has 0 aliphatic carbocycles. The first-order chi connectivity index (χ1) is 7.65. The number of esters is 1. The van der Waals surface area contributed by atoms with E-state index >= 15 is 0 Å². The van der Waals surface area contributed by atoms with E-state index in [0.717, 1.165) is 6.42 Å². The van der Waals surface area contributed by atoms with Gasteiger partial charge in [-0.15, -0.1) is 11.3 Å². The number of anilines is 1. The molecule has 2 rings (SSSR count). The van der Waals surface area contributed by atoms with Crippen molar-refractivity contribution in [2.75, 3.05) is 18.6 Å². The molecule has 1 aliphatic heterocycles. The van der Waals surface area contributed by atoms with Gasteiger partial charge in [0.05, 0.1) is 17.6 Å². The lowest BCUT2D eigenvalue weighted by Gasteiger charge is -2.15. The van der Waals surface area contributed by atoms with Crippen LogP contribution in [0.4, 0.5) is 5.69 Å². The summed E-state index contributed by atoms with van der Waals surface area (Å²) in [6.45, 7) is 0.634. The molecule has 16 heavy (non-hydrogen) atoms. The van der Waals surface area contributed by atoms with Crippen LogP contribution in [0.5, 0.6) is 0 Å². The molecule has 0 aromatic carbocycles. The first-order valence-electron chi connectivity index (χ1n) is 4.76. The van der Waals surface area contributed by atoms with Crippen LogP contribution in [0.25, 0.3) is 0 Å². The van der Waals surface area contributed by atoms with Gasteiger partial charge in [-0.1, -0.05) is 15.9 Å². The van der Waals surface area contributed by atoms with Crippen molar-refractivity contribution in [3.05, 3.63) is 16.3 Å². The van der Waals surface area contributed by atoms with Crippen molar-refractivity contribution < 1.29 is 14.3 Å². The smallest absolute Gasteiger partial charge is 0.350 e. The van der Waals surface area contributed by atoms with Crippen LogP contribution >= 0.6 is 27.3 Å². The zero-order chi connectivity index (χ0) is 11.7. The molecule has 1 amide bonds. The Balaban J connectivity index is 2.31. The topological polar surface area (TPSA) is 46.6 Å². The fraction of sp³-hybridized carbons (Fsp3) is 0.400. The Kier molecular flexibility index (Phi) is 3.30. The highest BCUT2D eigenvalue weighted by atomic mass is 79.9. The third-order valence-corrected chi connectivity index (χ3v) is 4.18. The van der Waals surface area contributed by atoms with Gasteiger partial charge >= 0.3 is 5.97 Å². The van der Waals surface area contributed by atoms with Crippen molar-refractivity contribution >= 4 is 44.8 Å². The fourth-order valence-corrected chi connectivity index (χ4v) is 2.91. The van der Waals surface area contributed by atoms with Gasteiger partial charge in [0.1, 0.15) is 4.88 Å². The number of carbonyl (C=O) groups excluding carboxylic acids is 2. The van der Waals surface area contributed by atoms with E-state index in [-0.39, 0.29) is 10.7 Å². The largest absolute Gasteiger partial charge is 0.465 e. The number of hydrogen-bond donors (Lipinski definition) is 0. The van der Waals surface area contributed by atoms with Crippen molar-refractivity contribution in [3.8, 4) is 0 Å². The zero-order valence-corrected chi connectivity index (χ0v) is 11.0. The van der Waals surface area contributed by atoms with Crippen LogP contribution in [0.2, 0.25) is 0 Å². The summed E-state index contributed by atoms with van der Waals surface area (Å²) < 4.78 is 4.68. The van der Waals surface area contributed by atoms with E-state index in [2.05, 4.69) is 20.7 Å². The third-order valence-electron chi connectivity index (χ3n) is 2.45. The van der Waals surface area contributed by atoms with E-state index < -0.39 is 5.97 Å². The van der Waals surface area contributed by atoms with Crippen LogP contribution < -0.4 is 4.90 Å². The highest BCUT2D eigenvalue weighted by Gasteiger charge is 2.33. The standard InChI is InChI=1S/C10H10BrNO3S/c1-15-10(14)8-7(3-5-16-8)12-4-2-6(11)9(12)13/h3,5-6H,2,4H2,1H3. The molecule has 0 radical (unpaired) electrons. The number of amides is 1. The van der Waals surface area contributed by atoms with E-state index in [1.54, 1.807) is 16.3 Å². The molecule has 4 nitrogen and oxygen atoms in total. The Morgan fingerprint density at radius 3 is 3.00 bits per heavy atom. The molecule has 0 N–H and O–H groups in total. The predicted molar refractivity (Wildman–Crippen MR) is 65.3 cm³/mol. The van der Waals surface area contributed by atoms with Gasteiger partial charge in [0.2, 0.25) is 5.91 Å². The van der Waals surface area contributed by atoms with Crippen LogP contribution in [-0.4, -0.2) is 30.4 Å². The maximum absolute atomic E-state index is 11.8. The Morgan fingerprint density at radius 2 is 2.44 bits per heavy atom. The van der Waals surface area contributed by atoms with Gasteiger partial charge in [0, 0.05) is 6.54 Å². The summed E-state index contributed by atoms with van der Waals surface area (Å²) in [5, 5.41) is 1.79. The molecule has 1 saturated heterocycles. The van der Waals surface area contributed by atoms with E-state index in [1.165, 1.54) is 18.4 Å². The number of thiophene rings is 1. The van der Waals surface area contributed by atoms with Gasteiger partial charge in [-0.25, -0.2) is 4.79 Å². The van der Waals surface area contributed by atoms with Gasteiger partial charge in [-0.2, -0.15) is 0 Å². The molecule has 0 spiro atoms. The summed E-state index contributed by atoms with van der Waals surface area (Å²) in [5.41, 5.74) is 0.656. The second kappa shape index (κ2) is 4.55. The van der Waals surface area contributed by atoms with E-state index in [9.17, 15) is 9.59 Å². The Morgan fingerprint density at radius 1 is 1.69 bits per heavy atom. The molecule has 1 aromatic rings.